The molecule has 26 heavy (non-hydrogen) atoms. The summed E-state index contributed by atoms with van der Waals surface area (Å²) in [7, 11) is 0. The zero-order chi connectivity index (χ0) is 18.5. The van der Waals surface area contributed by atoms with Crippen molar-refractivity contribution in [1.82, 2.24) is 10.6 Å². The Morgan fingerprint density at radius 3 is 2.58 bits per heavy atom. The average Bonchev–Trinajstić information content (AvgIpc) is 3.13. The van der Waals surface area contributed by atoms with Gasteiger partial charge in [0.15, 0.2) is 6.61 Å². The number of urea groups is 1. The standard InChI is InChI=1S/C19H20N2O5/c22-16(21-19(25)20-13-6-2-3-7-13)11-26-18(24)15-10-9-12-5-1-4-8-14(12)17(15)23/h1,4-5,8-10,13,23H,2-3,6-7,11H2,(H2,20,21,22,25). The fourth-order valence-electron chi connectivity index (χ4n) is 3.08. The van der Waals surface area contributed by atoms with E-state index in [2.05, 4.69) is 10.6 Å². The number of phenolic OH excluding ortho intramolecular Hbond substituents is 1. The second-order valence-electron chi connectivity index (χ2n) is 6.26. The van der Waals surface area contributed by atoms with Crippen LogP contribution in [-0.4, -0.2) is 35.7 Å². The number of imide groups is 1. The van der Waals surface area contributed by atoms with Crippen LogP contribution in [-0.2, 0) is 9.53 Å². The first-order valence-electron chi connectivity index (χ1n) is 8.53. The SMILES string of the molecule is O=C(COC(=O)c1ccc2ccccc2c1O)NC(=O)NC1CCCC1. The average molecular weight is 356 g/mol. The van der Waals surface area contributed by atoms with Gasteiger partial charge in [0.25, 0.3) is 5.91 Å². The molecule has 2 aromatic carbocycles. The van der Waals surface area contributed by atoms with Gasteiger partial charge < -0.3 is 15.2 Å². The van der Waals surface area contributed by atoms with Crippen LogP contribution in [0.3, 0.4) is 0 Å². The first kappa shape index (κ1) is 17.7. The maximum atomic E-state index is 12.1. The zero-order valence-electron chi connectivity index (χ0n) is 14.2. The molecule has 1 aliphatic rings. The summed E-state index contributed by atoms with van der Waals surface area (Å²) >= 11 is 0. The molecular weight excluding hydrogens is 336 g/mol. The van der Waals surface area contributed by atoms with E-state index in [-0.39, 0.29) is 17.4 Å². The number of aromatic hydroxyl groups is 1. The third-order valence-corrected chi connectivity index (χ3v) is 4.40. The number of carbonyl (C=O) groups is 3. The summed E-state index contributed by atoms with van der Waals surface area (Å²) in [5.74, 6) is -1.76. The van der Waals surface area contributed by atoms with E-state index in [4.69, 9.17) is 4.74 Å². The van der Waals surface area contributed by atoms with Crippen LogP contribution in [0.15, 0.2) is 36.4 Å². The van der Waals surface area contributed by atoms with Crippen LogP contribution in [0.5, 0.6) is 5.75 Å². The van der Waals surface area contributed by atoms with Crippen molar-refractivity contribution in [3.63, 3.8) is 0 Å². The largest absolute Gasteiger partial charge is 0.506 e. The number of esters is 1. The lowest BCUT2D eigenvalue weighted by molar-refractivity contribution is -0.123. The van der Waals surface area contributed by atoms with Crippen LogP contribution >= 0.6 is 0 Å². The minimum absolute atomic E-state index is 0.0353. The molecule has 3 rings (SSSR count). The van der Waals surface area contributed by atoms with E-state index in [1.165, 1.54) is 6.07 Å². The van der Waals surface area contributed by atoms with E-state index in [0.717, 1.165) is 31.1 Å². The highest BCUT2D eigenvalue weighted by molar-refractivity contribution is 6.02. The molecule has 1 saturated carbocycles. The van der Waals surface area contributed by atoms with Gasteiger partial charge in [-0.3, -0.25) is 10.1 Å². The molecule has 0 bridgehead atoms. The Hall–Kier alpha value is -3.09. The molecule has 7 nitrogen and oxygen atoms in total. The molecule has 0 radical (unpaired) electrons. The number of hydrogen-bond donors (Lipinski definition) is 3. The van der Waals surface area contributed by atoms with Crippen molar-refractivity contribution < 1.29 is 24.2 Å². The molecule has 3 amide bonds. The van der Waals surface area contributed by atoms with Crippen LogP contribution in [0.1, 0.15) is 36.0 Å². The number of ether oxygens (including phenoxy) is 1. The van der Waals surface area contributed by atoms with E-state index in [1.54, 1.807) is 24.3 Å². The molecule has 0 heterocycles. The summed E-state index contributed by atoms with van der Waals surface area (Å²) in [5.41, 5.74) is -0.0353. The Bertz CT molecular complexity index is 843. The Balaban J connectivity index is 1.54. The molecule has 0 unspecified atom stereocenters. The molecule has 1 fully saturated rings. The summed E-state index contributed by atoms with van der Waals surface area (Å²) in [6.45, 7) is -0.608. The number of fused-ring (bicyclic) bond motifs is 1. The molecule has 136 valence electrons. The molecule has 1 aliphatic carbocycles. The quantitative estimate of drug-likeness (QED) is 0.730. The molecule has 2 aromatic rings. The lowest BCUT2D eigenvalue weighted by Gasteiger charge is -2.12. The van der Waals surface area contributed by atoms with E-state index < -0.39 is 24.5 Å². The first-order chi connectivity index (χ1) is 12.5. The van der Waals surface area contributed by atoms with Crippen molar-refractivity contribution >= 4 is 28.7 Å². The Labute approximate surface area is 150 Å². The Morgan fingerprint density at radius 2 is 1.81 bits per heavy atom. The predicted molar refractivity (Wildman–Crippen MR) is 94.8 cm³/mol. The number of phenols is 1. The van der Waals surface area contributed by atoms with Gasteiger partial charge >= 0.3 is 12.0 Å². The highest BCUT2D eigenvalue weighted by Crippen LogP contribution is 2.28. The molecule has 0 spiro atoms. The molecule has 3 N–H and O–H groups in total. The van der Waals surface area contributed by atoms with Gasteiger partial charge in [0.05, 0.1) is 0 Å². The second-order valence-corrected chi connectivity index (χ2v) is 6.26. The number of amides is 3. The summed E-state index contributed by atoms with van der Waals surface area (Å²) < 4.78 is 4.90. The fourth-order valence-corrected chi connectivity index (χ4v) is 3.08. The highest BCUT2D eigenvalue weighted by Gasteiger charge is 2.20. The Kier molecular flexibility index (Phi) is 5.36. The van der Waals surface area contributed by atoms with Gasteiger partial charge in [-0.25, -0.2) is 9.59 Å². The van der Waals surface area contributed by atoms with Crippen molar-refractivity contribution in [2.75, 3.05) is 6.61 Å². The van der Waals surface area contributed by atoms with Crippen molar-refractivity contribution in [2.45, 2.75) is 31.7 Å². The summed E-state index contributed by atoms with van der Waals surface area (Å²) in [4.78, 5) is 35.6. The van der Waals surface area contributed by atoms with Gasteiger partial charge in [0, 0.05) is 11.4 Å². The lowest BCUT2D eigenvalue weighted by atomic mass is 10.1. The second kappa shape index (κ2) is 7.86. The summed E-state index contributed by atoms with van der Waals surface area (Å²) in [6.07, 6.45) is 3.92. The first-order valence-corrected chi connectivity index (χ1v) is 8.53. The molecule has 0 saturated heterocycles. The predicted octanol–water partition coefficient (Wildman–Crippen LogP) is 2.47. The van der Waals surface area contributed by atoms with Crippen LogP contribution in [0.25, 0.3) is 10.8 Å². The van der Waals surface area contributed by atoms with E-state index in [9.17, 15) is 19.5 Å². The van der Waals surface area contributed by atoms with Crippen molar-refractivity contribution in [2.24, 2.45) is 0 Å². The smallest absolute Gasteiger partial charge is 0.342 e. The minimum Gasteiger partial charge on any atom is -0.506 e. The van der Waals surface area contributed by atoms with Crippen LogP contribution < -0.4 is 10.6 Å². The van der Waals surface area contributed by atoms with Crippen LogP contribution in [0.4, 0.5) is 4.79 Å². The van der Waals surface area contributed by atoms with Gasteiger partial charge in [-0.05, 0) is 24.3 Å². The minimum atomic E-state index is -0.834. The number of hydrogen-bond acceptors (Lipinski definition) is 5. The molecule has 0 atom stereocenters. The molecule has 0 aliphatic heterocycles. The third kappa shape index (κ3) is 4.11. The number of nitrogens with one attached hydrogen (secondary N) is 2. The maximum Gasteiger partial charge on any atom is 0.342 e. The van der Waals surface area contributed by atoms with E-state index >= 15 is 0 Å². The van der Waals surface area contributed by atoms with Crippen molar-refractivity contribution in [3.05, 3.63) is 42.0 Å². The maximum absolute atomic E-state index is 12.1. The molecular formula is C19H20N2O5. The zero-order valence-corrected chi connectivity index (χ0v) is 14.2. The van der Waals surface area contributed by atoms with Gasteiger partial charge in [0.2, 0.25) is 0 Å². The molecule has 0 aromatic heterocycles. The summed E-state index contributed by atoms with van der Waals surface area (Å²) in [6, 6.07) is 9.66. The monoisotopic (exact) mass is 356 g/mol. The number of rotatable bonds is 4. The molecule has 7 heteroatoms. The summed E-state index contributed by atoms with van der Waals surface area (Å²) in [5, 5.41) is 16.4. The third-order valence-electron chi connectivity index (χ3n) is 4.40. The Morgan fingerprint density at radius 1 is 1.08 bits per heavy atom. The van der Waals surface area contributed by atoms with Crippen molar-refractivity contribution in [3.8, 4) is 5.75 Å². The van der Waals surface area contributed by atoms with Gasteiger partial charge in [0.1, 0.15) is 11.3 Å². The van der Waals surface area contributed by atoms with Crippen LogP contribution in [0, 0.1) is 0 Å². The fraction of sp³-hybridized carbons (Fsp3) is 0.316. The highest BCUT2D eigenvalue weighted by atomic mass is 16.5. The van der Waals surface area contributed by atoms with E-state index in [1.807, 2.05) is 6.07 Å². The van der Waals surface area contributed by atoms with Gasteiger partial charge in [-0.15, -0.1) is 0 Å². The van der Waals surface area contributed by atoms with Crippen LogP contribution in [0.2, 0.25) is 0 Å². The topological polar surface area (TPSA) is 105 Å². The van der Waals surface area contributed by atoms with Gasteiger partial charge in [-0.2, -0.15) is 0 Å². The van der Waals surface area contributed by atoms with Crippen molar-refractivity contribution in [1.29, 1.82) is 0 Å². The number of carbonyl (C=O) groups excluding carboxylic acids is 3. The lowest BCUT2D eigenvalue weighted by Crippen LogP contribution is -2.44. The normalized spacial score (nSPS) is 14.2. The number of benzene rings is 2. The van der Waals surface area contributed by atoms with Gasteiger partial charge in [-0.1, -0.05) is 43.2 Å². The van der Waals surface area contributed by atoms with E-state index in [0.29, 0.717) is 5.39 Å².